The number of rotatable bonds is 7. The lowest BCUT2D eigenvalue weighted by atomic mass is 10.2. The van der Waals surface area contributed by atoms with E-state index in [4.69, 9.17) is 9.15 Å². The van der Waals surface area contributed by atoms with Gasteiger partial charge < -0.3 is 9.15 Å². The summed E-state index contributed by atoms with van der Waals surface area (Å²) in [5.41, 5.74) is 0.875. The summed E-state index contributed by atoms with van der Waals surface area (Å²) in [6.45, 7) is 3.49. The predicted octanol–water partition coefficient (Wildman–Crippen LogP) is 3.45. The van der Waals surface area contributed by atoms with Crippen molar-refractivity contribution in [2.24, 2.45) is 0 Å². The molecule has 0 aliphatic heterocycles. The van der Waals surface area contributed by atoms with Crippen molar-refractivity contribution in [1.29, 1.82) is 0 Å². The lowest BCUT2D eigenvalue weighted by Gasteiger charge is -2.10. The van der Waals surface area contributed by atoms with E-state index in [-0.39, 0.29) is 23.1 Å². The fourth-order valence-electron chi connectivity index (χ4n) is 2.26. The zero-order valence-electron chi connectivity index (χ0n) is 14.7. The van der Waals surface area contributed by atoms with Gasteiger partial charge in [0.1, 0.15) is 6.61 Å². The van der Waals surface area contributed by atoms with Gasteiger partial charge in [-0.15, -0.1) is 11.3 Å². The highest BCUT2D eigenvalue weighted by Gasteiger charge is 2.17. The Morgan fingerprint density at radius 2 is 2.00 bits per heavy atom. The first-order chi connectivity index (χ1) is 12.8. The Kier molecular flexibility index (Phi) is 5.73. The summed E-state index contributed by atoms with van der Waals surface area (Å²) in [7, 11) is -3.60. The molecule has 27 heavy (non-hydrogen) atoms. The third-order valence-electron chi connectivity index (χ3n) is 3.43. The molecule has 0 aliphatic carbocycles. The first kappa shape index (κ1) is 19.3. The second kappa shape index (κ2) is 8.03. The standard InChI is InChI=1S/C18H18N2O5S2/c1-12(2)20-27(22,23)15-7-5-13(6-8-15)18(21)25-10-14-11-26-17(19-14)16-4-3-9-24-16/h3-9,11-12,20H,10H2,1-2H3. The van der Waals surface area contributed by atoms with Crippen LogP contribution in [0.25, 0.3) is 10.8 Å². The number of hydrogen-bond donors (Lipinski definition) is 1. The molecule has 7 nitrogen and oxygen atoms in total. The molecule has 2 heterocycles. The molecule has 0 spiro atoms. The van der Waals surface area contributed by atoms with E-state index in [0.717, 1.165) is 0 Å². The highest BCUT2D eigenvalue weighted by molar-refractivity contribution is 7.89. The van der Waals surface area contributed by atoms with Crippen molar-refractivity contribution >= 4 is 27.3 Å². The normalized spacial score (nSPS) is 11.7. The Morgan fingerprint density at radius 1 is 1.26 bits per heavy atom. The van der Waals surface area contributed by atoms with E-state index >= 15 is 0 Å². The third kappa shape index (κ3) is 4.82. The van der Waals surface area contributed by atoms with E-state index in [1.807, 2.05) is 0 Å². The molecule has 9 heteroatoms. The highest BCUT2D eigenvalue weighted by atomic mass is 32.2. The Hall–Kier alpha value is -2.49. The van der Waals surface area contributed by atoms with Gasteiger partial charge in [-0.1, -0.05) is 0 Å². The molecule has 0 bridgehead atoms. The molecule has 0 atom stereocenters. The first-order valence-electron chi connectivity index (χ1n) is 8.13. The fraction of sp³-hybridized carbons (Fsp3) is 0.222. The summed E-state index contributed by atoms with van der Waals surface area (Å²) >= 11 is 1.39. The summed E-state index contributed by atoms with van der Waals surface area (Å²) < 4.78 is 37.2. The van der Waals surface area contributed by atoms with E-state index in [9.17, 15) is 13.2 Å². The molecular formula is C18H18N2O5S2. The lowest BCUT2D eigenvalue weighted by Crippen LogP contribution is -2.30. The second-order valence-electron chi connectivity index (χ2n) is 6.00. The number of nitrogens with one attached hydrogen (secondary N) is 1. The van der Waals surface area contributed by atoms with Crippen molar-refractivity contribution in [1.82, 2.24) is 9.71 Å². The van der Waals surface area contributed by atoms with Crippen LogP contribution in [0.15, 0.2) is 57.4 Å². The van der Waals surface area contributed by atoms with Crippen LogP contribution in [0.4, 0.5) is 0 Å². The van der Waals surface area contributed by atoms with Crippen LogP contribution in [-0.2, 0) is 21.4 Å². The molecule has 0 unspecified atom stereocenters. The summed E-state index contributed by atoms with van der Waals surface area (Å²) in [6, 6.07) is 8.95. The van der Waals surface area contributed by atoms with Crippen molar-refractivity contribution in [2.75, 3.05) is 0 Å². The maximum Gasteiger partial charge on any atom is 0.338 e. The van der Waals surface area contributed by atoms with Gasteiger partial charge in [-0.3, -0.25) is 0 Å². The first-order valence-corrected chi connectivity index (χ1v) is 10.5. The number of esters is 1. The van der Waals surface area contributed by atoms with Crippen LogP contribution in [0.3, 0.4) is 0 Å². The van der Waals surface area contributed by atoms with E-state index in [0.29, 0.717) is 16.5 Å². The van der Waals surface area contributed by atoms with Crippen LogP contribution in [0.5, 0.6) is 0 Å². The molecule has 0 amide bonds. The van der Waals surface area contributed by atoms with Crippen LogP contribution in [0.1, 0.15) is 29.9 Å². The van der Waals surface area contributed by atoms with Crippen molar-refractivity contribution in [3.63, 3.8) is 0 Å². The van der Waals surface area contributed by atoms with E-state index in [1.165, 1.54) is 35.6 Å². The van der Waals surface area contributed by atoms with Gasteiger partial charge >= 0.3 is 5.97 Å². The summed E-state index contributed by atoms with van der Waals surface area (Å²) in [6.07, 6.45) is 1.57. The predicted molar refractivity (Wildman–Crippen MR) is 101 cm³/mol. The van der Waals surface area contributed by atoms with Crippen molar-refractivity contribution in [3.05, 3.63) is 59.3 Å². The smallest absolute Gasteiger partial charge is 0.338 e. The van der Waals surface area contributed by atoms with Gasteiger partial charge in [0, 0.05) is 11.4 Å². The number of aromatic nitrogens is 1. The van der Waals surface area contributed by atoms with Crippen LogP contribution >= 0.6 is 11.3 Å². The maximum absolute atomic E-state index is 12.2. The number of ether oxygens (including phenoxy) is 1. The van der Waals surface area contributed by atoms with Crippen molar-refractivity contribution in [2.45, 2.75) is 31.4 Å². The molecule has 1 aromatic carbocycles. The molecule has 0 saturated heterocycles. The summed E-state index contributed by atoms with van der Waals surface area (Å²) in [5.74, 6) is 0.104. The number of thiazole rings is 1. The van der Waals surface area contributed by atoms with E-state index < -0.39 is 16.0 Å². The Morgan fingerprint density at radius 3 is 2.63 bits per heavy atom. The Bertz CT molecular complexity index is 1010. The SMILES string of the molecule is CC(C)NS(=O)(=O)c1ccc(C(=O)OCc2csc(-c3ccco3)n2)cc1. The molecule has 1 N–H and O–H groups in total. The summed E-state index contributed by atoms with van der Waals surface area (Å²) in [5, 5.41) is 2.50. The number of sulfonamides is 1. The highest BCUT2D eigenvalue weighted by Crippen LogP contribution is 2.24. The molecule has 0 aliphatic rings. The largest absolute Gasteiger partial charge is 0.462 e. The van der Waals surface area contributed by atoms with E-state index in [2.05, 4.69) is 9.71 Å². The van der Waals surface area contributed by atoms with Gasteiger partial charge in [-0.25, -0.2) is 22.9 Å². The number of nitrogens with zero attached hydrogens (tertiary/aromatic N) is 1. The van der Waals surface area contributed by atoms with Crippen molar-refractivity contribution in [3.8, 4) is 10.8 Å². The van der Waals surface area contributed by atoms with Crippen LogP contribution in [0.2, 0.25) is 0 Å². The quantitative estimate of drug-likeness (QED) is 0.604. The average Bonchev–Trinajstić information content (AvgIpc) is 3.30. The van der Waals surface area contributed by atoms with Gasteiger partial charge in [0.15, 0.2) is 10.8 Å². The molecule has 0 radical (unpaired) electrons. The topological polar surface area (TPSA) is 98.5 Å². The molecule has 2 aromatic heterocycles. The fourth-order valence-corrected chi connectivity index (χ4v) is 4.28. The Labute approximate surface area is 161 Å². The zero-order valence-corrected chi connectivity index (χ0v) is 16.3. The molecule has 0 fully saturated rings. The Balaban J connectivity index is 1.62. The van der Waals surface area contributed by atoms with E-state index in [1.54, 1.807) is 37.6 Å². The minimum Gasteiger partial charge on any atom is -0.462 e. The minimum absolute atomic E-state index is 0.0188. The second-order valence-corrected chi connectivity index (χ2v) is 8.57. The average molecular weight is 406 g/mol. The van der Waals surface area contributed by atoms with Gasteiger partial charge in [0.25, 0.3) is 0 Å². The molecule has 0 saturated carbocycles. The van der Waals surface area contributed by atoms with Crippen LogP contribution in [-0.4, -0.2) is 25.4 Å². The molecule has 142 valence electrons. The van der Waals surface area contributed by atoms with Gasteiger partial charge in [-0.2, -0.15) is 0 Å². The number of benzene rings is 1. The van der Waals surface area contributed by atoms with Crippen LogP contribution in [0, 0.1) is 0 Å². The zero-order chi connectivity index (χ0) is 19.4. The number of hydrogen-bond acceptors (Lipinski definition) is 7. The van der Waals surface area contributed by atoms with Gasteiger partial charge in [0.2, 0.25) is 10.0 Å². The number of carbonyl (C=O) groups excluding carboxylic acids is 1. The summed E-state index contributed by atoms with van der Waals surface area (Å²) in [4.78, 5) is 16.6. The molecule has 3 rings (SSSR count). The van der Waals surface area contributed by atoms with Gasteiger partial charge in [-0.05, 0) is 50.2 Å². The third-order valence-corrected chi connectivity index (χ3v) is 6.01. The van der Waals surface area contributed by atoms with Crippen LogP contribution < -0.4 is 4.72 Å². The van der Waals surface area contributed by atoms with Crippen molar-refractivity contribution < 1.29 is 22.4 Å². The monoisotopic (exact) mass is 406 g/mol. The molecular weight excluding hydrogens is 388 g/mol. The maximum atomic E-state index is 12.2. The van der Waals surface area contributed by atoms with Gasteiger partial charge in [0.05, 0.1) is 22.4 Å². The number of carbonyl (C=O) groups is 1. The number of furan rings is 1. The lowest BCUT2D eigenvalue weighted by molar-refractivity contribution is 0.0468. The minimum atomic E-state index is -3.60. The molecule has 3 aromatic rings.